The molecule has 170 valence electrons. The quantitative estimate of drug-likeness (QED) is 0.361. The predicted octanol–water partition coefficient (Wildman–Crippen LogP) is 2.17. The van der Waals surface area contributed by atoms with Crippen molar-refractivity contribution in [1.82, 2.24) is 10.2 Å². The number of hydrogen-bond donors (Lipinski definition) is 1. The molecule has 4 rings (SSSR count). The zero-order valence-electron chi connectivity index (χ0n) is 17.8. The molecule has 2 atom stereocenters. The van der Waals surface area contributed by atoms with Crippen molar-refractivity contribution < 1.29 is 28.7 Å². The Morgan fingerprint density at radius 1 is 1.12 bits per heavy atom. The summed E-state index contributed by atoms with van der Waals surface area (Å²) in [5, 5.41) is 2.06. The van der Waals surface area contributed by atoms with E-state index in [2.05, 4.69) is 5.32 Å². The number of nitrogens with zero attached hydrogens (tertiary/aromatic N) is 1. The average molecular weight is 467 g/mol. The van der Waals surface area contributed by atoms with Gasteiger partial charge in [-0.15, -0.1) is 11.8 Å². The van der Waals surface area contributed by atoms with Crippen molar-refractivity contribution in [3.63, 3.8) is 0 Å². The van der Waals surface area contributed by atoms with Crippen LogP contribution in [0.1, 0.15) is 24.2 Å². The number of carbonyl (C=O) groups excluding carboxylic acids is 4. The van der Waals surface area contributed by atoms with Gasteiger partial charge in [-0.3, -0.25) is 19.3 Å². The monoisotopic (exact) mass is 466 g/mol. The minimum Gasteiger partial charge on any atom is -0.461 e. The minimum absolute atomic E-state index is 0.0609. The normalized spacial score (nSPS) is 19.5. The van der Waals surface area contributed by atoms with E-state index in [4.69, 9.17) is 9.47 Å². The van der Waals surface area contributed by atoms with Crippen LogP contribution in [0.4, 0.5) is 0 Å². The van der Waals surface area contributed by atoms with Gasteiger partial charge in [0.05, 0.1) is 0 Å². The number of fused-ring (bicyclic) bond motifs is 1. The molecule has 1 fully saturated rings. The lowest BCUT2D eigenvalue weighted by Crippen LogP contribution is -2.69. The highest BCUT2D eigenvalue weighted by atomic mass is 32.2. The van der Waals surface area contributed by atoms with Gasteiger partial charge >= 0.3 is 11.9 Å². The van der Waals surface area contributed by atoms with Crippen molar-refractivity contribution in [1.29, 1.82) is 0 Å². The van der Waals surface area contributed by atoms with E-state index >= 15 is 0 Å². The van der Waals surface area contributed by atoms with Crippen LogP contribution >= 0.6 is 11.8 Å². The minimum atomic E-state index is -0.718. The van der Waals surface area contributed by atoms with Gasteiger partial charge in [-0.1, -0.05) is 60.7 Å². The lowest BCUT2D eigenvalue weighted by molar-refractivity contribution is -0.154. The molecule has 9 heteroatoms. The maximum Gasteiger partial charge on any atom is 0.356 e. The summed E-state index contributed by atoms with van der Waals surface area (Å²) in [4.78, 5) is 49.8. The Balaban J connectivity index is 1.68. The van der Waals surface area contributed by atoms with Crippen molar-refractivity contribution in [3.8, 4) is 0 Å². The van der Waals surface area contributed by atoms with E-state index in [1.54, 1.807) is 0 Å². The first-order valence-electron chi connectivity index (χ1n) is 10.3. The van der Waals surface area contributed by atoms with E-state index in [1.165, 1.54) is 23.6 Å². The number of β-lactam (4-membered cyclic amide) rings is 1. The Labute approximate surface area is 194 Å². The fraction of sp³-hybridized carbons (Fsp3) is 0.250. The van der Waals surface area contributed by atoms with E-state index in [0.29, 0.717) is 17.7 Å². The van der Waals surface area contributed by atoms with E-state index in [0.717, 1.165) is 11.1 Å². The smallest absolute Gasteiger partial charge is 0.356 e. The Bertz CT molecular complexity index is 1050. The molecule has 0 spiro atoms. The molecule has 1 saturated heterocycles. The van der Waals surface area contributed by atoms with Crippen molar-refractivity contribution in [2.45, 2.75) is 24.4 Å². The third-order valence-electron chi connectivity index (χ3n) is 5.37. The van der Waals surface area contributed by atoms with E-state index in [1.807, 2.05) is 60.7 Å². The summed E-state index contributed by atoms with van der Waals surface area (Å²) >= 11 is 1.38. The highest BCUT2D eigenvalue weighted by molar-refractivity contribution is 8.00. The van der Waals surface area contributed by atoms with Crippen LogP contribution in [0.5, 0.6) is 0 Å². The number of esters is 2. The van der Waals surface area contributed by atoms with Gasteiger partial charge in [0.1, 0.15) is 23.7 Å². The van der Waals surface area contributed by atoms with Crippen molar-refractivity contribution in [2.24, 2.45) is 0 Å². The molecular weight excluding hydrogens is 444 g/mol. The van der Waals surface area contributed by atoms with Crippen LogP contribution in [0.2, 0.25) is 0 Å². The predicted molar refractivity (Wildman–Crippen MR) is 121 cm³/mol. The summed E-state index contributed by atoms with van der Waals surface area (Å²) in [5.41, 5.74) is 2.09. The number of carbonyl (C=O) groups is 4. The zero-order chi connectivity index (χ0) is 23.4. The molecule has 0 bridgehead atoms. The topological polar surface area (TPSA) is 102 Å². The van der Waals surface area contributed by atoms with Gasteiger partial charge in [0.15, 0.2) is 6.10 Å². The molecule has 2 amide bonds. The second kappa shape index (κ2) is 9.91. The molecule has 1 N–H and O–H groups in total. The second-order valence-corrected chi connectivity index (χ2v) is 8.62. The van der Waals surface area contributed by atoms with Crippen LogP contribution in [-0.4, -0.2) is 52.9 Å². The summed E-state index contributed by atoms with van der Waals surface area (Å²) in [6.45, 7) is 1.15. The fourth-order valence-electron chi connectivity index (χ4n) is 3.81. The highest BCUT2D eigenvalue weighted by Crippen LogP contribution is 2.41. The van der Waals surface area contributed by atoms with E-state index in [-0.39, 0.29) is 12.3 Å². The van der Waals surface area contributed by atoms with Crippen LogP contribution in [0.25, 0.3) is 0 Å². The molecule has 0 aliphatic carbocycles. The maximum absolute atomic E-state index is 13.5. The molecule has 0 aromatic heterocycles. The lowest BCUT2D eigenvalue weighted by atomic mass is 10.0. The van der Waals surface area contributed by atoms with Gasteiger partial charge in [0.25, 0.3) is 5.91 Å². The SMILES string of the molecule is CC(=O)OCC1=C(C(=O)OC(c2ccccc2)c2ccccc2)N2C(=O)C(NC=O)[C@@H]2SC1. The van der Waals surface area contributed by atoms with Crippen LogP contribution < -0.4 is 5.32 Å². The Hall–Kier alpha value is -3.59. The number of ether oxygens (including phenoxy) is 2. The number of amides is 2. The molecular formula is C24H22N2O6S. The molecule has 2 aliphatic heterocycles. The lowest BCUT2D eigenvalue weighted by Gasteiger charge is -2.49. The summed E-state index contributed by atoms with van der Waals surface area (Å²) in [6.07, 6.45) is -0.229. The molecule has 2 heterocycles. The number of thioether (sulfide) groups is 1. The maximum atomic E-state index is 13.5. The summed E-state index contributed by atoms with van der Waals surface area (Å²) in [7, 11) is 0. The summed E-state index contributed by atoms with van der Waals surface area (Å²) < 4.78 is 11.1. The number of rotatable bonds is 8. The highest BCUT2D eigenvalue weighted by Gasteiger charge is 2.54. The molecule has 33 heavy (non-hydrogen) atoms. The third-order valence-corrected chi connectivity index (χ3v) is 6.71. The van der Waals surface area contributed by atoms with Gasteiger partial charge in [-0.2, -0.15) is 0 Å². The largest absolute Gasteiger partial charge is 0.461 e. The van der Waals surface area contributed by atoms with Crippen LogP contribution in [0, 0.1) is 0 Å². The van der Waals surface area contributed by atoms with Crippen LogP contribution in [0.3, 0.4) is 0 Å². The van der Waals surface area contributed by atoms with Crippen molar-refractivity contribution >= 4 is 36.0 Å². The van der Waals surface area contributed by atoms with E-state index in [9.17, 15) is 19.2 Å². The van der Waals surface area contributed by atoms with Gasteiger partial charge < -0.3 is 14.8 Å². The second-order valence-electron chi connectivity index (χ2n) is 7.51. The van der Waals surface area contributed by atoms with Crippen LogP contribution in [-0.2, 0) is 28.7 Å². The standard InChI is InChI=1S/C24H22N2O6S/c1-15(28)31-12-18-13-33-23-19(25-14-27)22(29)26(23)20(18)24(30)32-21(16-8-4-2-5-9-16)17-10-6-3-7-11-17/h2-11,14,19,21,23H,12-13H2,1H3,(H,25,27)/t19?,23-/m0/s1. The van der Waals surface area contributed by atoms with Crippen molar-refractivity contribution in [3.05, 3.63) is 83.1 Å². The van der Waals surface area contributed by atoms with Gasteiger partial charge in [-0.25, -0.2) is 4.79 Å². The Morgan fingerprint density at radius 2 is 1.73 bits per heavy atom. The van der Waals surface area contributed by atoms with E-state index < -0.39 is 35.4 Å². The molecule has 1 unspecified atom stereocenters. The molecule has 0 radical (unpaired) electrons. The molecule has 0 saturated carbocycles. The number of hydrogen-bond acceptors (Lipinski definition) is 7. The fourth-order valence-corrected chi connectivity index (χ4v) is 5.15. The number of benzene rings is 2. The zero-order valence-corrected chi connectivity index (χ0v) is 18.6. The first-order valence-corrected chi connectivity index (χ1v) is 11.4. The molecule has 2 aromatic rings. The number of nitrogens with one attached hydrogen (secondary N) is 1. The average Bonchev–Trinajstić information content (AvgIpc) is 2.84. The third kappa shape index (κ3) is 4.63. The van der Waals surface area contributed by atoms with Gasteiger partial charge in [-0.05, 0) is 11.1 Å². The van der Waals surface area contributed by atoms with Crippen molar-refractivity contribution in [2.75, 3.05) is 12.4 Å². The molecule has 2 aromatic carbocycles. The molecule has 2 aliphatic rings. The Kier molecular flexibility index (Phi) is 6.79. The first-order chi connectivity index (χ1) is 16.0. The first kappa shape index (κ1) is 22.6. The summed E-state index contributed by atoms with van der Waals surface area (Å²) in [5.74, 6) is -1.25. The summed E-state index contributed by atoms with van der Waals surface area (Å²) in [6, 6.07) is 17.9. The molecule has 8 nitrogen and oxygen atoms in total. The van der Waals surface area contributed by atoms with Gasteiger partial charge in [0, 0.05) is 18.2 Å². The van der Waals surface area contributed by atoms with Crippen LogP contribution in [0.15, 0.2) is 71.9 Å². The Morgan fingerprint density at radius 3 is 2.27 bits per heavy atom. The van der Waals surface area contributed by atoms with Gasteiger partial charge in [0.2, 0.25) is 6.41 Å².